The van der Waals surface area contributed by atoms with E-state index < -0.39 is 0 Å². The standard InChI is InChI=1S/C14H20Cl2N2/c1-10(9-18-13-3-4-13)17-7-6-11-8-12(15)2-5-14(11)16/h2,5,8,10,13,17-18H,3-4,6-7,9H2,1H3. The van der Waals surface area contributed by atoms with Crippen molar-refractivity contribution in [1.82, 2.24) is 10.6 Å². The third-order valence-corrected chi connectivity index (χ3v) is 3.79. The van der Waals surface area contributed by atoms with Crippen LogP contribution in [0.4, 0.5) is 0 Å². The maximum absolute atomic E-state index is 6.12. The molecule has 1 aliphatic rings. The van der Waals surface area contributed by atoms with E-state index in [1.54, 1.807) is 0 Å². The summed E-state index contributed by atoms with van der Waals surface area (Å²) in [6.07, 6.45) is 3.59. The van der Waals surface area contributed by atoms with E-state index in [1.165, 1.54) is 12.8 Å². The van der Waals surface area contributed by atoms with Gasteiger partial charge in [0, 0.05) is 28.7 Å². The van der Waals surface area contributed by atoms with Gasteiger partial charge in [0.05, 0.1) is 0 Å². The zero-order valence-electron chi connectivity index (χ0n) is 10.7. The number of hydrogen-bond acceptors (Lipinski definition) is 2. The van der Waals surface area contributed by atoms with E-state index in [0.29, 0.717) is 6.04 Å². The zero-order valence-corrected chi connectivity index (χ0v) is 12.2. The van der Waals surface area contributed by atoms with Gasteiger partial charge in [-0.1, -0.05) is 23.2 Å². The van der Waals surface area contributed by atoms with Crippen molar-refractivity contribution in [3.8, 4) is 0 Å². The van der Waals surface area contributed by atoms with E-state index in [9.17, 15) is 0 Å². The first-order valence-corrected chi connectivity index (χ1v) is 7.31. The second-order valence-corrected chi connectivity index (χ2v) is 5.87. The normalized spacial score (nSPS) is 16.8. The molecule has 0 radical (unpaired) electrons. The maximum Gasteiger partial charge on any atom is 0.0439 e. The van der Waals surface area contributed by atoms with Crippen LogP contribution in [0.1, 0.15) is 25.3 Å². The van der Waals surface area contributed by atoms with E-state index >= 15 is 0 Å². The van der Waals surface area contributed by atoms with Crippen LogP contribution in [0.15, 0.2) is 18.2 Å². The van der Waals surface area contributed by atoms with Gasteiger partial charge in [0.25, 0.3) is 0 Å². The Morgan fingerprint density at radius 1 is 1.33 bits per heavy atom. The molecule has 0 bridgehead atoms. The molecule has 0 heterocycles. The molecule has 1 saturated carbocycles. The van der Waals surface area contributed by atoms with Crippen LogP contribution < -0.4 is 10.6 Å². The van der Waals surface area contributed by atoms with E-state index in [-0.39, 0.29) is 0 Å². The Hall–Kier alpha value is -0.280. The Kier molecular flexibility index (Phi) is 5.31. The molecule has 18 heavy (non-hydrogen) atoms. The molecule has 0 spiro atoms. The lowest BCUT2D eigenvalue weighted by atomic mass is 10.1. The smallest absolute Gasteiger partial charge is 0.0439 e. The summed E-state index contributed by atoms with van der Waals surface area (Å²) in [6.45, 7) is 4.16. The molecular formula is C14H20Cl2N2. The van der Waals surface area contributed by atoms with Crippen molar-refractivity contribution >= 4 is 23.2 Å². The molecule has 1 aromatic rings. The molecule has 1 aromatic carbocycles. The largest absolute Gasteiger partial charge is 0.313 e. The summed E-state index contributed by atoms with van der Waals surface area (Å²) in [6, 6.07) is 6.89. The minimum atomic E-state index is 0.489. The van der Waals surface area contributed by atoms with Crippen molar-refractivity contribution in [2.24, 2.45) is 0 Å². The first kappa shape index (κ1) is 14.1. The number of hydrogen-bond donors (Lipinski definition) is 2. The fourth-order valence-electron chi connectivity index (χ4n) is 1.89. The van der Waals surface area contributed by atoms with Crippen LogP contribution in [0.2, 0.25) is 10.0 Å². The molecule has 100 valence electrons. The molecule has 2 N–H and O–H groups in total. The SMILES string of the molecule is CC(CNC1CC1)NCCc1cc(Cl)ccc1Cl. The highest BCUT2D eigenvalue weighted by molar-refractivity contribution is 6.33. The van der Waals surface area contributed by atoms with Gasteiger partial charge in [-0.15, -0.1) is 0 Å². The van der Waals surface area contributed by atoms with E-state index in [4.69, 9.17) is 23.2 Å². The second-order valence-electron chi connectivity index (χ2n) is 5.02. The fraction of sp³-hybridized carbons (Fsp3) is 0.571. The van der Waals surface area contributed by atoms with Gasteiger partial charge in [0.2, 0.25) is 0 Å². The summed E-state index contributed by atoms with van der Waals surface area (Å²) < 4.78 is 0. The quantitative estimate of drug-likeness (QED) is 0.804. The Balaban J connectivity index is 1.68. The number of nitrogens with one attached hydrogen (secondary N) is 2. The van der Waals surface area contributed by atoms with Crippen LogP contribution >= 0.6 is 23.2 Å². The molecule has 0 aliphatic heterocycles. The molecule has 1 unspecified atom stereocenters. The van der Waals surface area contributed by atoms with Crippen LogP contribution in [-0.2, 0) is 6.42 Å². The van der Waals surface area contributed by atoms with Gasteiger partial charge in [-0.3, -0.25) is 0 Å². The van der Waals surface area contributed by atoms with Crippen molar-refractivity contribution in [3.05, 3.63) is 33.8 Å². The van der Waals surface area contributed by atoms with Crippen molar-refractivity contribution in [1.29, 1.82) is 0 Å². The van der Waals surface area contributed by atoms with Gasteiger partial charge in [-0.05, 0) is 56.5 Å². The van der Waals surface area contributed by atoms with Gasteiger partial charge in [0.1, 0.15) is 0 Å². The van der Waals surface area contributed by atoms with Crippen molar-refractivity contribution in [2.45, 2.75) is 38.3 Å². The Morgan fingerprint density at radius 2 is 2.11 bits per heavy atom. The monoisotopic (exact) mass is 286 g/mol. The minimum absolute atomic E-state index is 0.489. The summed E-state index contributed by atoms with van der Waals surface area (Å²) in [7, 11) is 0. The molecule has 4 heteroatoms. The van der Waals surface area contributed by atoms with Crippen molar-refractivity contribution in [3.63, 3.8) is 0 Å². The highest BCUT2D eigenvalue weighted by Gasteiger charge is 2.20. The minimum Gasteiger partial charge on any atom is -0.313 e. The predicted molar refractivity (Wildman–Crippen MR) is 78.7 cm³/mol. The molecule has 2 rings (SSSR count). The Labute approximate surface area is 119 Å². The van der Waals surface area contributed by atoms with Crippen molar-refractivity contribution < 1.29 is 0 Å². The highest BCUT2D eigenvalue weighted by Crippen LogP contribution is 2.21. The molecule has 2 nitrogen and oxygen atoms in total. The predicted octanol–water partition coefficient (Wildman–Crippen LogP) is 3.27. The van der Waals surface area contributed by atoms with Crippen LogP contribution in [0, 0.1) is 0 Å². The van der Waals surface area contributed by atoms with Crippen LogP contribution in [-0.4, -0.2) is 25.2 Å². The van der Waals surface area contributed by atoms with Gasteiger partial charge < -0.3 is 10.6 Å². The van der Waals surface area contributed by atoms with Crippen molar-refractivity contribution in [2.75, 3.05) is 13.1 Å². The molecular weight excluding hydrogens is 267 g/mol. The average molecular weight is 287 g/mol. The summed E-state index contributed by atoms with van der Waals surface area (Å²) in [5, 5.41) is 8.56. The third-order valence-electron chi connectivity index (χ3n) is 3.18. The average Bonchev–Trinajstić information content (AvgIpc) is 3.15. The fourth-order valence-corrected chi connectivity index (χ4v) is 2.30. The van der Waals surface area contributed by atoms with Crippen LogP contribution in [0.25, 0.3) is 0 Å². The highest BCUT2D eigenvalue weighted by atomic mass is 35.5. The molecule has 1 aliphatic carbocycles. The third kappa shape index (κ3) is 4.77. The lowest BCUT2D eigenvalue weighted by molar-refractivity contribution is 0.503. The summed E-state index contributed by atoms with van der Waals surface area (Å²) >= 11 is 12.1. The first-order valence-electron chi connectivity index (χ1n) is 6.56. The van der Waals surface area contributed by atoms with E-state index in [2.05, 4.69) is 17.6 Å². The zero-order chi connectivity index (χ0) is 13.0. The van der Waals surface area contributed by atoms with Gasteiger partial charge in [-0.2, -0.15) is 0 Å². The summed E-state index contributed by atoms with van der Waals surface area (Å²) in [5.74, 6) is 0. The number of rotatable bonds is 7. The Bertz CT molecular complexity index is 391. The lowest BCUT2D eigenvalue weighted by Crippen LogP contribution is -2.38. The van der Waals surface area contributed by atoms with Gasteiger partial charge in [0.15, 0.2) is 0 Å². The van der Waals surface area contributed by atoms with E-state index in [1.807, 2.05) is 18.2 Å². The number of benzene rings is 1. The second kappa shape index (κ2) is 6.76. The molecule has 1 atom stereocenters. The number of halogens is 2. The van der Waals surface area contributed by atoms with Gasteiger partial charge in [-0.25, -0.2) is 0 Å². The summed E-state index contributed by atoms with van der Waals surface area (Å²) in [5.41, 5.74) is 1.11. The molecule has 0 aromatic heterocycles. The maximum atomic E-state index is 6.12. The first-order chi connectivity index (χ1) is 8.65. The Morgan fingerprint density at radius 3 is 2.83 bits per heavy atom. The van der Waals surface area contributed by atoms with Gasteiger partial charge >= 0.3 is 0 Å². The molecule has 1 fully saturated rings. The van der Waals surface area contributed by atoms with Crippen LogP contribution in [0.5, 0.6) is 0 Å². The van der Waals surface area contributed by atoms with E-state index in [0.717, 1.165) is 41.2 Å². The van der Waals surface area contributed by atoms with Crippen LogP contribution in [0.3, 0.4) is 0 Å². The molecule has 0 saturated heterocycles. The summed E-state index contributed by atoms with van der Waals surface area (Å²) in [4.78, 5) is 0. The molecule has 0 amide bonds. The topological polar surface area (TPSA) is 24.1 Å². The lowest BCUT2D eigenvalue weighted by Gasteiger charge is -2.14.